The molecule has 3 aromatic rings. The van der Waals surface area contributed by atoms with Gasteiger partial charge in [0.15, 0.2) is 35.1 Å². The molecule has 0 bridgehead atoms. The Morgan fingerprint density at radius 1 is 1.22 bits per heavy atom. The summed E-state index contributed by atoms with van der Waals surface area (Å²) in [5.74, 6) is -3.93. The van der Waals surface area contributed by atoms with Gasteiger partial charge in [0.1, 0.15) is 5.39 Å². The van der Waals surface area contributed by atoms with Crippen LogP contribution in [0.15, 0.2) is 41.5 Å². The van der Waals surface area contributed by atoms with Crippen LogP contribution in [0.25, 0.3) is 10.9 Å². The molecule has 0 unspecified atom stereocenters. The molecule has 5 nitrogen and oxygen atoms in total. The average molecular weight is 454 g/mol. The Hall–Kier alpha value is -3.01. The van der Waals surface area contributed by atoms with Gasteiger partial charge in [0.25, 0.3) is 0 Å². The number of aromatic nitrogens is 2. The Balaban J connectivity index is 1.87. The Morgan fingerprint density at radius 2 is 1.94 bits per heavy atom. The number of nitrogens with zero attached hydrogens (tertiary/aromatic N) is 1. The van der Waals surface area contributed by atoms with E-state index in [-0.39, 0.29) is 22.2 Å². The summed E-state index contributed by atoms with van der Waals surface area (Å²) in [5.41, 5.74) is -2.28. The number of alkyl halides is 3. The van der Waals surface area contributed by atoms with E-state index in [1.165, 1.54) is 31.3 Å². The smallest absolute Gasteiger partial charge is 0.417 e. The first-order valence-electron chi connectivity index (χ1n) is 9.82. The SMILES string of the molecule is Cc1c([C@@H]2C[C@](C)(C(F)(F)F)OC[C@H]2c2cc(=O)c3c[n+]([O-])ccc3[nH]2)ccc(F)c1F. The number of hydrogen-bond donors (Lipinski definition) is 1. The molecule has 1 aliphatic rings. The maximum Gasteiger partial charge on any atom is 0.417 e. The summed E-state index contributed by atoms with van der Waals surface area (Å²) < 4.78 is 74.9. The molecule has 0 saturated carbocycles. The Kier molecular flexibility index (Phi) is 5.23. The predicted molar refractivity (Wildman–Crippen MR) is 105 cm³/mol. The van der Waals surface area contributed by atoms with Crippen molar-refractivity contribution in [2.24, 2.45) is 0 Å². The summed E-state index contributed by atoms with van der Waals surface area (Å²) in [5, 5.41) is 11.6. The molecule has 1 saturated heterocycles. The first kappa shape index (κ1) is 22.2. The molecule has 2 aromatic heterocycles. The van der Waals surface area contributed by atoms with E-state index in [4.69, 9.17) is 4.74 Å². The summed E-state index contributed by atoms with van der Waals surface area (Å²) >= 11 is 0. The molecular formula is C22H19F5N2O3. The average Bonchev–Trinajstić information content (AvgIpc) is 2.72. The van der Waals surface area contributed by atoms with Crippen LogP contribution in [-0.2, 0) is 4.74 Å². The van der Waals surface area contributed by atoms with E-state index in [1.807, 2.05) is 0 Å². The molecule has 0 aliphatic carbocycles. The second kappa shape index (κ2) is 7.54. The molecule has 0 radical (unpaired) electrons. The summed E-state index contributed by atoms with van der Waals surface area (Å²) in [7, 11) is 0. The van der Waals surface area contributed by atoms with E-state index >= 15 is 0 Å². The largest absolute Gasteiger partial charge is 0.619 e. The van der Waals surface area contributed by atoms with Crippen molar-refractivity contribution in [3.05, 3.63) is 80.5 Å². The maximum atomic E-state index is 14.3. The third-order valence-corrected chi connectivity index (χ3v) is 6.22. The van der Waals surface area contributed by atoms with Crippen molar-refractivity contribution >= 4 is 10.9 Å². The van der Waals surface area contributed by atoms with Crippen LogP contribution in [0.5, 0.6) is 0 Å². The van der Waals surface area contributed by atoms with Crippen LogP contribution in [0.3, 0.4) is 0 Å². The highest BCUT2D eigenvalue weighted by atomic mass is 19.4. The van der Waals surface area contributed by atoms with Crippen molar-refractivity contribution < 1.29 is 31.4 Å². The highest BCUT2D eigenvalue weighted by Gasteiger charge is 2.57. The van der Waals surface area contributed by atoms with Gasteiger partial charge in [0.05, 0.1) is 12.1 Å². The first-order chi connectivity index (χ1) is 14.9. The Morgan fingerprint density at radius 3 is 2.62 bits per heavy atom. The molecule has 32 heavy (non-hydrogen) atoms. The van der Waals surface area contributed by atoms with Gasteiger partial charge in [-0.2, -0.15) is 17.9 Å². The molecule has 0 amide bonds. The summed E-state index contributed by atoms with van der Waals surface area (Å²) in [6, 6.07) is 4.74. The third-order valence-electron chi connectivity index (χ3n) is 6.22. The zero-order valence-electron chi connectivity index (χ0n) is 17.1. The number of nitrogens with one attached hydrogen (secondary N) is 1. The van der Waals surface area contributed by atoms with Crippen LogP contribution in [0.4, 0.5) is 22.0 Å². The fourth-order valence-corrected chi connectivity index (χ4v) is 4.30. The van der Waals surface area contributed by atoms with Crippen LogP contribution >= 0.6 is 0 Å². The molecule has 4 rings (SSSR count). The van der Waals surface area contributed by atoms with Gasteiger partial charge in [-0.15, -0.1) is 0 Å². The fourth-order valence-electron chi connectivity index (χ4n) is 4.30. The molecule has 170 valence electrons. The summed E-state index contributed by atoms with van der Waals surface area (Å²) in [6.07, 6.45) is -2.98. The van der Waals surface area contributed by atoms with E-state index in [2.05, 4.69) is 4.98 Å². The van der Waals surface area contributed by atoms with E-state index in [1.54, 1.807) is 0 Å². The number of hydrogen-bond acceptors (Lipinski definition) is 3. The lowest BCUT2D eigenvalue weighted by Crippen LogP contribution is -2.51. The third kappa shape index (κ3) is 3.62. The van der Waals surface area contributed by atoms with Crippen LogP contribution in [0.2, 0.25) is 0 Å². The molecule has 1 fully saturated rings. The second-order valence-corrected chi connectivity index (χ2v) is 8.25. The number of aromatic amines is 1. The number of H-pyrrole nitrogens is 1. The molecule has 1 N–H and O–H groups in total. The molecule has 0 spiro atoms. The van der Waals surface area contributed by atoms with Gasteiger partial charge in [0, 0.05) is 23.7 Å². The molecule has 3 atom stereocenters. The number of ether oxygens (including phenoxy) is 1. The quantitative estimate of drug-likeness (QED) is 0.356. The Bertz CT molecular complexity index is 1260. The minimum atomic E-state index is -4.69. The number of benzene rings is 1. The van der Waals surface area contributed by atoms with E-state index in [0.717, 1.165) is 19.2 Å². The molecule has 1 aromatic carbocycles. The summed E-state index contributed by atoms with van der Waals surface area (Å²) in [6.45, 7) is 1.82. The van der Waals surface area contributed by atoms with Gasteiger partial charge in [-0.25, -0.2) is 8.78 Å². The maximum absolute atomic E-state index is 14.3. The van der Waals surface area contributed by atoms with Crippen molar-refractivity contribution in [1.29, 1.82) is 0 Å². The highest BCUT2D eigenvalue weighted by Crippen LogP contribution is 2.50. The van der Waals surface area contributed by atoms with Crippen LogP contribution in [0.1, 0.15) is 42.0 Å². The van der Waals surface area contributed by atoms with Crippen LogP contribution in [0, 0.1) is 23.8 Å². The van der Waals surface area contributed by atoms with E-state index in [9.17, 15) is 32.0 Å². The van der Waals surface area contributed by atoms with Gasteiger partial charge in [-0.05, 0) is 43.4 Å². The van der Waals surface area contributed by atoms with Gasteiger partial charge in [-0.3, -0.25) is 4.79 Å². The summed E-state index contributed by atoms with van der Waals surface area (Å²) in [4.78, 5) is 15.6. The lowest BCUT2D eigenvalue weighted by atomic mass is 9.73. The van der Waals surface area contributed by atoms with Gasteiger partial charge in [-0.1, -0.05) is 6.07 Å². The number of rotatable bonds is 2. The molecule has 1 aliphatic heterocycles. The van der Waals surface area contributed by atoms with Gasteiger partial charge in [0.2, 0.25) is 0 Å². The predicted octanol–water partition coefficient (Wildman–Crippen LogP) is 4.36. The molecular weight excluding hydrogens is 435 g/mol. The van der Waals surface area contributed by atoms with Crippen molar-refractivity contribution in [1.82, 2.24) is 4.98 Å². The second-order valence-electron chi connectivity index (χ2n) is 8.25. The molecule has 10 heteroatoms. The number of pyridine rings is 2. The first-order valence-corrected chi connectivity index (χ1v) is 9.82. The van der Waals surface area contributed by atoms with Crippen molar-refractivity contribution in [3.8, 4) is 0 Å². The highest BCUT2D eigenvalue weighted by molar-refractivity contribution is 5.76. The van der Waals surface area contributed by atoms with Crippen LogP contribution in [-0.4, -0.2) is 23.4 Å². The Labute approximate surface area is 179 Å². The lowest BCUT2D eigenvalue weighted by Gasteiger charge is -2.44. The minimum Gasteiger partial charge on any atom is -0.619 e. The standard InChI is InChI=1S/C22H19F5N2O3/c1-11-12(3-4-16(23)20(11)24)13-8-21(2,22(25,26)27)32-10-15(13)18-7-19(30)14-9-29(31)6-5-17(14)28-18/h3-7,9,13,15H,8,10H2,1-2H3,(H,28,30)/t13-,15+,21+/m0/s1. The topological polar surface area (TPSA) is 69.0 Å². The van der Waals surface area contributed by atoms with Gasteiger partial charge >= 0.3 is 6.18 Å². The monoisotopic (exact) mass is 454 g/mol. The number of fused-ring (bicyclic) bond motifs is 1. The van der Waals surface area contributed by atoms with Gasteiger partial charge < -0.3 is 14.9 Å². The van der Waals surface area contributed by atoms with Crippen LogP contribution < -0.4 is 10.2 Å². The molecule has 3 heterocycles. The fraction of sp³-hybridized carbons (Fsp3) is 0.364. The zero-order chi connectivity index (χ0) is 23.4. The lowest BCUT2D eigenvalue weighted by molar-refractivity contribution is -0.603. The minimum absolute atomic E-state index is 0.0954. The normalized spacial score (nSPS) is 24.1. The zero-order valence-corrected chi connectivity index (χ0v) is 17.1. The van der Waals surface area contributed by atoms with Crippen molar-refractivity contribution in [3.63, 3.8) is 0 Å². The van der Waals surface area contributed by atoms with Crippen molar-refractivity contribution in [2.75, 3.05) is 6.61 Å². The van der Waals surface area contributed by atoms with E-state index < -0.39 is 53.7 Å². The van der Waals surface area contributed by atoms with Crippen molar-refractivity contribution in [2.45, 2.75) is 43.9 Å². The van der Waals surface area contributed by atoms with E-state index in [0.29, 0.717) is 10.2 Å². The number of halogens is 5.